The van der Waals surface area contributed by atoms with Gasteiger partial charge in [0.1, 0.15) is 0 Å². The van der Waals surface area contributed by atoms with Crippen molar-refractivity contribution in [2.24, 2.45) is 9.98 Å². The van der Waals surface area contributed by atoms with Crippen LogP contribution in [0.25, 0.3) is 0 Å². The normalized spacial score (nSPS) is 10.3. The Morgan fingerprint density at radius 1 is 0.649 bits per heavy atom. The Morgan fingerprint density at radius 3 is 1.27 bits per heavy atom. The molecule has 0 atom stereocenters. The molecule has 2 aromatic heterocycles. The number of pyridine rings is 2. The number of benzene rings is 2. The van der Waals surface area contributed by atoms with E-state index in [1.165, 1.54) is 24.3 Å². The zero-order chi connectivity index (χ0) is 26.9. The van der Waals surface area contributed by atoms with Crippen LogP contribution >= 0.6 is 19.4 Å². The van der Waals surface area contributed by atoms with Gasteiger partial charge in [-0.3, -0.25) is 20.0 Å². The van der Waals surface area contributed by atoms with Gasteiger partial charge in [0.2, 0.25) is 0 Å². The fourth-order valence-corrected chi connectivity index (χ4v) is 2.57. The number of carboxylic acids is 2. The summed E-state index contributed by atoms with van der Waals surface area (Å²) in [5.41, 5.74) is 3.41. The van der Waals surface area contributed by atoms with Crippen LogP contribution in [0.5, 0.6) is 0 Å². The van der Waals surface area contributed by atoms with Crippen LogP contribution in [0.15, 0.2) is 107 Å². The zero-order valence-electron chi connectivity index (χ0n) is 19.0. The minimum atomic E-state index is -0.940. The molecule has 4 rings (SSSR count). The maximum absolute atomic E-state index is 10.6. The molecule has 2 aromatic carbocycles. The molecule has 0 aliphatic carbocycles. The molecule has 0 spiro atoms. The van der Waals surface area contributed by atoms with Gasteiger partial charge < -0.3 is 10.2 Å². The van der Waals surface area contributed by atoms with Gasteiger partial charge in [-0.25, -0.2) is 9.59 Å². The summed E-state index contributed by atoms with van der Waals surface area (Å²) in [5, 5.41) is 17.5. The van der Waals surface area contributed by atoms with Crippen molar-refractivity contribution in [3.05, 3.63) is 120 Å². The molecular formula is C26H20Cl2N4O4Ru. The second kappa shape index (κ2) is 16.8. The number of halogens is 2. The van der Waals surface area contributed by atoms with E-state index in [9.17, 15) is 9.59 Å². The molecule has 0 fully saturated rings. The average molecular weight is 624 g/mol. The number of hydrogen-bond acceptors (Lipinski definition) is 6. The topological polar surface area (TPSA) is 125 Å². The van der Waals surface area contributed by atoms with Crippen LogP contribution in [-0.2, 0) is 15.1 Å². The summed E-state index contributed by atoms with van der Waals surface area (Å²) in [6.45, 7) is 0. The predicted octanol–water partition coefficient (Wildman–Crippen LogP) is 6.44. The first-order valence-electron chi connectivity index (χ1n) is 10.3. The Balaban J connectivity index is 0.000000235. The summed E-state index contributed by atoms with van der Waals surface area (Å²) in [7, 11) is 9.71. The summed E-state index contributed by atoms with van der Waals surface area (Å²) >= 11 is -0.346. The van der Waals surface area contributed by atoms with Gasteiger partial charge in [-0.2, -0.15) is 0 Å². The molecule has 0 radical (unpaired) electrons. The van der Waals surface area contributed by atoms with Gasteiger partial charge in [0, 0.05) is 12.4 Å². The fourth-order valence-electron chi connectivity index (χ4n) is 2.57. The van der Waals surface area contributed by atoms with Crippen LogP contribution in [0.1, 0.15) is 32.1 Å². The van der Waals surface area contributed by atoms with E-state index in [2.05, 4.69) is 20.0 Å². The molecule has 2 N–H and O–H groups in total. The van der Waals surface area contributed by atoms with E-state index in [0.717, 1.165) is 11.4 Å². The quantitative estimate of drug-likeness (QED) is 0.188. The molecule has 37 heavy (non-hydrogen) atoms. The second-order valence-corrected chi connectivity index (χ2v) is 9.42. The first-order valence-corrected chi connectivity index (χ1v) is 14.8. The van der Waals surface area contributed by atoms with Crippen molar-refractivity contribution in [3.63, 3.8) is 0 Å². The van der Waals surface area contributed by atoms with E-state index < -0.39 is 11.9 Å². The number of carbonyl (C=O) groups is 2. The molecule has 0 saturated heterocycles. The van der Waals surface area contributed by atoms with Gasteiger partial charge in [0.15, 0.2) is 0 Å². The summed E-state index contributed by atoms with van der Waals surface area (Å²) in [6, 6.07) is 23.8. The number of aliphatic imine (C=N–C) groups is 2. The molecule has 4 aromatic rings. The zero-order valence-corrected chi connectivity index (χ0v) is 22.3. The molecular weight excluding hydrogens is 604 g/mol. The molecule has 0 bridgehead atoms. The van der Waals surface area contributed by atoms with Crippen LogP contribution < -0.4 is 0 Å². The van der Waals surface area contributed by atoms with Crippen molar-refractivity contribution >= 4 is 55.1 Å². The van der Waals surface area contributed by atoms with Crippen LogP contribution in [0.2, 0.25) is 0 Å². The molecule has 11 heteroatoms. The third kappa shape index (κ3) is 11.7. The molecule has 0 aliphatic rings. The molecule has 8 nitrogen and oxygen atoms in total. The van der Waals surface area contributed by atoms with Gasteiger partial charge in [-0.15, -0.1) is 0 Å². The van der Waals surface area contributed by atoms with Gasteiger partial charge in [0.05, 0.1) is 46.3 Å². The summed E-state index contributed by atoms with van der Waals surface area (Å²) in [4.78, 5) is 37.9. The summed E-state index contributed by atoms with van der Waals surface area (Å²) in [6.07, 6.45) is 6.65. The second-order valence-electron chi connectivity index (χ2n) is 6.78. The molecule has 0 aliphatic heterocycles. The van der Waals surface area contributed by atoms with E-state index in [4.69, 9.17) is 29.6 Å². The number of carboxylic acid groups (broad SMARTS) is 2. The number of aromatic carboxylic acids is 2. The Bertz CT molecular complexity index is 1200. The number of nitrogens with zero attached hydrogens (tertiary/aromatic N) is 4. The maximum atomic E-state index is 10.6. The first-order chi connectivity index (χ1) is 17.9. The Morgan fingerprint density at radius 2 is 1.00 bits per heavy atom. The van der Waals surface area contributed by atoms with Crippen molar-refractivity contribution < 1.29 is 34.9 Å². The summed E-state index contributed by atoms with van der Waals surface area (Å²) in [5.74, 6) is -1.88. The third-order valence-electron chi connectivity index (χ3n) is 4.30. The van der Waals surface area contributed by atoms with Crippen molar-refractivity contribution in [1.82, 2.24) is 9.97 Å². The monoisotopic (exact) mass is 624 g/mol. The molecule has 2 heterocycles. The van der Waals surface area contributed by atoms with Gasteiger partial charge in [0.25, 0.3) is 0 Å². The van der Waals surface area contributed by atoms with Crippen LogP contribution in [0.4, 0.5) is 11.4 Å². The van der Waals surface area contributed by atoms with E-state index in [1.54, 1.807) is 49.1 Å². The number of rotatable bonds is 6. The molecule has 190 valence electrons. The summed E-state index contributed by atoms with van der Waals surface area (Å²) < 4.78 is 0. The van der Waals surface area contributed by atoms with E-state index in [-0.39, 0.29) is 26.3 Å². The average Bonchev–Trinajstić information content (AvgIpc) is 2.93. The van der Waals surface area contributed by atoms with Crippen LogP contribution in [0, 0.1) is 0 Å². The SMILES string of the molecule is O=C(O)c1ccc(N=Cc2ccccn2)cc1.O=C(O)c1ccc(N=Cc2ccccn2)cc1.[Cl][Ru][Cl]. The number of hydrogen-bond donors (Lipinski definition) is 2. The van der Waals surface area contributed by atoms with E-state index in [0.29, 0.717) is 11.4 Å². The third-order valence-corrected chi connectivity index (χ3v) is 4.30. The fraction of sp³-hybridized carbons (Fsp3) is 0. The van der Waals surface area contributed by atoms with Crippen molar-refractivity contribution in [2.45, 2.75) is 0 Å². The van der Waals surface area contributed by atoms with Crippen molar-refractivity contribution in [1.29, 1.82) is 0 Å². The van der Waals surface area contributed by atoms with E-state index >= 15 is 0 Å². The van der Waals surface area contributed by atoms with Gasteiger partial charge >= 0.3 is 46.5 Å². The van der Waals surface area contributed by atoms with Crippen LogP contribution in [0.3, 0.4) is 0 Å². The standard InChI is InChI=1S/2C13H10N2O2.2ClH.Ru/c2*16-13(17)10-4-6-11(7-5-10)15-9-12-3-1-2-8-14-12;;;/h2*1-9H,(H,16,17);2*1H;/q;;;;+2/p-2. The Labute approximate surface area is 229 Å². The predicted molar refractivity (Wildman–Crippen MR) is 141 cm³/mol. The van der Waals surface area contributed by atoms with Crippen molar-refractivity contribution in [3.8, 4) is 0 Å². The first kappa shape index (κ1) is 29.5. The van der Waals surface area contributed by atoms with Crippen LogP contribution in [-0.4, -0.2) is 44.5 Å². The minimum absolute atomic E-state index is 0.252. The van der Waals surface area contributed by atoms with E-state index in [1.807, 2.05) is 36.4 Å². The molecule has 0 unspecified atom stereocenters. The Kier molecular flexibility index (Phi) is 13.4. The molecule has 0 amide bonds. The van der Waals surface area contributed by atoms with Gasteiger partial charge in [-0.1, -0.05) is 12.1 Å². The van der Waals surface area contributed by atoms with Gasteiger partial charge in [-0.05, 0) is 72.8 Å². The Hall–Kier alpha value is -3.78. The van der Waals surface area contributed by atoms with Crippen molar-refractivity contribution in [2.75, 3.05) is 0 Å². The number of aromatic nitrogens is 2. The molecule has 0 saturated carbocycles.